The van der Waals surface area contributed by atoms with Gasteiger partial charge in [0.2, 0.25) is 5.75 Å². The summed E-state index contributed by atoms with van der Waals surface area (Å²) in [6.07, 6.45) is 1.01. The zero-order valence-corrected chi connectivity index (χ0v) is 19.0. The number of hydrogen-bond acceptors (Lipinski definition) is 6. The molecule has 0 radical (unpaired) electrons. The molecule has 7 heteroatoms. The summed E-state index contributed by atoms with van der Waals surface area (Å²) in [4.78, 5) is 24.8. The molecular weight excluding hydrogens is 398 g/mol. The van der Waals surface area contributed by atoms with Crippen molar-refractivity contribution in [1.29, 1.82) is 0 Å². The number of ether oxygens (including phenoxy) is 4. The summed E-state index contributed by atoms with van der Waals surface area (Å²) in [5.74, 6) is 0.370. The SMILES string of the molecule is COc1ccc(C(=O)OCC(=O)N[C@H](C)c2ccc(CC(C)C)cc2)c(OC)c1OC. The Bertz CT molecular complexity index is 892. The van der Waals surface area contributed by atoms with Gasteiger partial charge >= 0.3 is 5.97 Å². The Morgan fingerprint density at radius 3 is 2.06 bits per heavy atom. The third-order valence-corrected chi connectivity index (χ3v) is 4.76. The van der Waals surface area contributed by atoms with Gasteiger partial charge in [0.05, 0.1) is 27.4 Å². The van der Waals surface area contributed by atoms with Crippen molar-refractivity contribution in [3.63, 3.8) is 0 Å². The molecule has 0 fully saturated rings. The first kappa shape index (κ1) is 24.1. The summed E-state index contributed by atoms with van der Waals surface area (Å²) < 4.78 is 20.9. The molecule has 2 rings (SSSR count). The third kappa shape index (κ3) is 6.38. The van der Waals surface area contributed by atoms with Gasteiger partial charge in [-0.05, 0) is 42.5 Å². The van der Waals surface area contributed by atoms with Crippen LogP contribution in [0.3, 0.4) is 0 Å². The third-order valence-electron chi connectivity index (χ3n) is 4.76. The molecule has 1 atom stereocenters. The average Bonchev–Trinajstić information content (AvgIpc) is 2.76. The second kappa shape index (κ2) is 11.2. The molecule has 168 valence electrons. The minimum Gasteiger partial charge on any atom is -0.493 e. The van der Waals surface area contributed by atoms with E-state index in [4.69, 9.17) is 18.9 Å². The molecule has 0 aromatic heterocycles. The molecule has 0 spiro atoms. The maximum Gasteiger partial charge on any atom is 0.342 e. The number of rotatable bonds is 10. The van der Waals surface area contributed by atoms with E-state index in [2.05, 4.69) is 31.3 Å². The fourth-order valence-electron chi connectivity index (χ4n) is 3.25. The van der Waals surface area contributed by atoms with Crippen molar-refractivity contribution in [3.8, 4) is 17.2 Å². The normalized spacial score (nSPS) is 11.6. The summed E-state index contributed by atoms with van der Waals surface area (Å²) in [6, 6.07) is 11.0. The molecule has 2 aromatic rings. The highest BCUT2D eigenvalue weighted by Crippen LogP contribution is 2.39. The van der Waals surface area contributed by atoms with E-state index in [1.807, 2.05) is 19.1 Å². The topological polar surface area (TPSA) is 83.1 Å². The van der Waals surface area contributed by atoms with Crippen molar-refractivity contribution in [1.82, 2.24) is 5.32 Å². The van der Waals surface area contributed by atoms with Crippen LogP contribution in [0.2, 0.25) is 0 Å². The Labute approximate surface area is 183 Å². The van der Waals surface area contributed by atoms with Crippen LogP contribution in [0.4, 0.5) is 0 Å². The van der Waals surface area contributed by atoms with Crippen molar-refractivity contribution in [2.45, 2.75) is 33.2 Å². The van der Waals surface area contributed by atoms with Crippen molar-refractivity contribution in [2.75, 3.05) is 27.9 Å². The summed E-state index contributed by atoms with van der Waals surface area (Å²) in [6.45, 7) is 5.83. The van der Waals surface area contributed by atoms with Gasteiger partial charge < -0.3 is 24.3 Å². The summed E-state index contributed by atoms with van der Waals surface area (Å²) >= 11 is 0. The van der Waals surface area contributed by atoms with Crippen LogP contribution < -0.4 is 19.5 Å². The molecule has 0 heterocycles. The van der Waals surface area contributed by atoms with Crippen LogP contribution in [0.5, 0.6) is 17.2 Å². The van der Waals surface area contributed by atoms with E-state index < -0.39 is 18.5 Å². The van der Waals surface area contributed by atoms with E-state index in [1.54, 1.807) is 6.07 Å². The Kier molecular flexibility index (Phi) is 8.73. The number of carbonyl (C=O) groups excluding carboxylic acids is 2. The highest BCUT2D eigenvalue weighted by atomic mass is 16.5. The first-order chi connectivity index (χ1) is 14.8. The Hall–Kier alpha value is -3.22. The first-order valence-electron chi connectivity index (χ1n) is 10.1. The molecule has 0 unspecified atom stereocenters. The fraction of sp³-hybridized carbons (Fsp3) is 0.417. The van der Waals surface area contributed by atoms with Crippen molar-refractivity contribution >= 4 is 11.9 Å². The molecule has 0 aliphatic rings. The molecule has 0 aliphatic carbocycles. The zero-order valence-electron chi connectivity index (χ0n) is 19.0. The minimum absolute atomic E-state index is 0.140. The highest BCUT2D eigenvalue weighted by molar-refractivity contribution is 5.95. The van der Waals surface area contributed by atoms with Crippen LogP contribution in [0, 0.1) is 5.92 Å². The van der Waals surface area contributed by atoms with E-state index in [1.165, 1.54) is 33.0 Å². The first-order valence-corrected chi connectivity index (χ1v) is 10.1. The number of benzene rings is 2. The molecule has 31 heavy (non-hydrogen) atoms. The summed E-state index contributed by atoms with van der Waals surface area (Å²) in [5.41, 5.74) is 2.38. The molecule has 1 N–H and O–H groups in total. The number of esters is 1. The number of carbonyl (C=O) groups is 2. The number of amides is 1. The number of methoxy groups -OCH3 is 3. The maximum atomic E-state index is 12.5. The van der Waals surface area contributed by atoms with Crippen LogP contribution in [0.25, 0.3) is 0 Å². The monoisotopic (exact) mass is 429 g/mol. The van der Waals surface area contributed by atoms with Gasteiger partial charge in [0, 0.05) is 0 Å². The van der Waals surface area contributed by atoms with Gasteiger partial charge in [-0.1, -0.05) is 38.1 Å². The van der Waals surface area contributed by atoms with Gasteiger partial charge in [-0.2, -0.15) is 0 Å². The molecule has 0 aliphatic heterocycles. The van der Waals surface area contributed by atoms with Gasteiger partial charge in [0.15, 0.2) is 18.1 Å². The Morgan fingerprint density at radius 1 is 0.871 bits per heavy atom. The van der Waals surface area contributed by atoms with Crippen molar-refractivity contribution in [2.24, 2.45) is 5.92 Å². The number of nitrogens with one attached hydrogen (secondary N) is 1. The predicted molar refractivity (Wildman–Crippen MR) is 118 cm³/mol. The lowest BCUT2D eigenvalue weighted by molar-refractivity contribution is -0.124. The Morgan fingerprint density at radius 2 is 1.52 bits per heavy atom. The quantitative estimate of drug-likeness (QED) is 0.576. The smallest absolute Gasteiger partial charge is 0.342 e. The molecule has 0 saturated carbocycles. The summed E-state index contributed by atoms with van der Waals surface area (Å²) in [7, 11) is 4.34. The van der Waals surface area contributed by atoms with Crippen LogP contribution in [-0.4, -0.2) is 39.8 Å². The van der Waals surface area contributed by atoms with E-state index in [0.29, 0.717) is 11.7 Å². The van der Waals surface area contributed by atoms with E-state index in [0.717, 1.165) is 12.0 Å². The lowest BCUT2D eigenvalue weighted by Crippen LogP contribution is -2.31. The summed E-state index contributed by atoms with van der Waals surface area (Å²) in [5, 5.41) is 2.84. The van der Waals surface area contributed by atoms with Crippen LogP contribution in [-0.2, 0) is 16.0 Å². The zero-order chi connectivity index (χ0) is 23.0. The van der Waals surface area contributed by atoms with Gasteiger partial charge in [-0.25, -0.2) is 4.79 Å². The van der Waals surface area contributed by atoms with Crippen molar-refractivity contribution < 1.29 is 28.5 Å². The standard InChI is InChI=1S/C24H31NO6/c1-15(2)13-17-7-9-18(10-8-17)16(3)25-21(26)14-31-24(27)19-11-12-20(28-4)23(30-6)22(19)29-5/h7-12,15-16H,13-14H2,1-6H3,(H,25,26)/t16-/m1/s1. The fourth-order valence-corrected chi connectivity index (χ4v) is 3.25. The largest absolute Gasteiger partial charge is 0.493 e. The van der Waals surface area contributed by atoms with E-state index >= 15 is 0 Å². The second-order valence-corrected chi connectivity index (χ2v) is 7.59. The van der Waals surface area contributed by atoms with E-state index in [9.17, 15) is 9.59 Å². The minimum atomic E-state index is -0.696. The van der Waals surface area contributed by atoms with Crippen molar-refractivity contribution in [3.05, 3.63) is 53.1 Å². The average molecular weight is 430 g/mol. The van der Waals surface area contributed by atoms with Gasteiger partial charge in [0.1, 0.15) is 5.56 Å². The number of hydrogen-bond donors (Lipinski definition) is 1. The lowest BCUT2D eigenvalue weighted by atomic mass is 10.00. The molecular formula is C24H31NO6. The second-order valence-electron chi connectivity index (χ2n) is 7.59. The molecule has 0 saturated heterocycles. The van der Waals surface area contributed by atoms with E-state index in [-0.39, 0.29) is 23.1 Å². The highest BCUT2D eigenvalue weighted by Gasteiger charge is 2.22. The molecule has 7 nitrogen and oxygen atoms in total. The predicted octanol–water partition coefficient (Wildman–Crippen LogP) is 3.95. The van der Waals surface area contributed by atoms with Gasteiger partial charge in [-0.3, -0.25) is 4.79 Å². The molecule has 2 aromatic carbocycles. The van der Waals surface area contributed by atoms with Crippen LogP contribution in [0.15, 0.2) is 36.4 Å². The van der Waals surface area contributed by atoms with Gasteiger partial charge in [0.25, 0.3) is 5.91 Å². The van der Waals surface area contributed by atoms with Crippen LogP contribution >= 0.6 is 0 Å². The van der Waals surface area contributed by atoms with Crippen LogP contribution in [0.1, 0.15) is 48.3 Å². The van der Waals surface area contributed by atoms with Gasteiger partial charge in [-0.15, -0.1) is 0 Å². The Balaban J connectivity index is 1.97. The maximum absolute atomic E-state index is 12.5. The molecule has 0 bridgehead atoms. The lowest BCUT2D eigenvalue weighted by Gasteiger charge is -2.16. The molecule has 1 amide bonds.